The number of hydrogen-bond donors (Lipinski definition) is 10. The predicted octanol–water partition coefficient (Wildman–Crippen LogP) is 20.6. The van der Waals surface area contributed by atoms with Gasteiger partial charge in [0.25, 0.3) is 17.7 Å². The van der Waals surface area contributed by atoms with Gasteiger partial charge < -0.3 is 15.2 Å². The van der Waals surface area contributed by atoms with Crippen molar-refractivity contribution in [2.24, 2.45) is 5.84 Å². The Morgan fingerprint density at radius 1 is 0.439 bits per heavy atom. The molecule has 139 heavy (non-hydrogen) atoms. The van der Waals surface area contributed by atoms with Crippen LogP contribution >= 0.6 is 127 Å². The molecule has 12 N–H and O–H groups in total. The zero-order chi connectivity index (χ0) is 103. The second kappa shape index (κ2) is 64.0. The minimum absolute atomic E-state index is 0. The molecule has 30 nitrogen and oxygen atoms in total. The first-order valence-electron chi connectivity index (χ1n) is 38.7. The Balaban J connectivity index is 0.000000888. The van der Waals surface area contributed by atoms with E-state index in [1.165, 1.54) is 16.7 Å². The molecule has 7 aromatic carbocycles. The summed E-state index contributed by atoms with van der Waals surface area (Å²) in [4.78, 5) is 87.9. The van der Waals surface area contributed by atoms with Gasteiger partial charge in [-0.05, 0) is 257 Å². The van der Waals surface area contributed by atoms with Crippen molar-refractivity contribution in [3.63, 3.8) is 0 Å². The van der Waals surface area contributed by atoms with Crippen molar-refractivity contribution >= 4 is 243 Å². The number of sulfonamides is 3. The maximum absolute atomic E-state index is 13.0. The first-order chi connectivity index (χ1) is 64.9. The molecule has 6 aromatic heterocycles. The van der Waals surface area contributed by atoms with E-state index in [-0.39, 0.29) is 33.4 Å². The molecule has 0 atom stereocenters. The molecule has 6 heterocycles. The number of alkyl halides is 5. The van der Waals surface area contributed by atoms with E-state index in [4.69, 9.17) is 88.3 Å². The van der Waals surface area contributed by atoms with Crippen LogP contribution in [0, 0.1) is 54.5 Å². The molecule has 0 bridgehead atoms. The maximum atomic E-state index is 13.0. The fraction of sp³-hybridized carbons (Fsp3) is 0.161. The number of aromatic nitrogens is 6. The smallest absolute Gasteiger partial charge is 0.426 e. The molecule has 13 aromatic rings. The van der Waals surface area contributed by atoms with Crippen LogP contribution in [0.5, 0.6) is 0 Å². The number of pyridine rings is 6. The number of carbonyl (C=O) groups excluding carboxylic acids is 5. The van der Waals surface area contributed by atoms with E-state index in [2.05, 4.69) is 146 Å². The van der Waals surface area contributed by atoms with Crippen LogP contribution in [0.1, 0.15) is 107 Å². The quantitative estimate of drug-likeness (QED) is 0.00793. The number of hydrazine groups is 3. The Kier molecular flexibility index (Phi) is 57.4. The van der Waals surface area contributed by atoms with Gasteiger partial charge in [-0.2, -0.15) is 8.12 Å². The number of halogens is 13. The lowest BCUT2D eigenvalue weighted by atomic mass is 10.0. The van der Waals surface area contributed by atoms with Crippen molar-refractivity contribution in [3.05, 3.63) is 295 Å². The monoisotopic (exact) mass is 2400 g/mol. The molecule has 0 spiro atoms. The second-order valence-corrected chi connectivity index (χ2v) is 38.0. The number of carbonyl (C=O) groups is 5. The Bertz CT molecular complexity index is 6750. The van der Waals surface area contributed by atoms with E-state index >= 15 is 0 Å². The Hall–Kier alpha value is -12.4. The van der Waals surface area contributed by atoms with E-state index in [0.29, 0.717) is 108 Å². The van der Waals surface area contributed by atoms with Crippen LogP contribution in [-0.4, -0.2) is 133 Å². The van der Waals surface area contributed by atoms with Crippen molar-refractivity contribution in [1.29, 1.82) is 5.26 Å². The van der Waals surface area contributed by atoms with Crippen LogP contribution in [-0.2, 0) is 39.5 Å². The summed E-state index contributed by atoms with van der Waals surface area (Å²) in [6, 6.07) is 62.4. The van der Waals surface area contributed by atoms with Crippen LogP contribution in [0.25, 0.3) is 66.5 Å². The molecule has 0 unspecified atom stereocenters. The number of nitrogens with two attached hydrogens (primary N) is 2. The van der Waals surface area contributed by atoms with Gasteiger partial charge in [0, 0.05) is 144 Å². The highest BCUT2D eigenvalue weighted by atomic mass is 127. The van der Waals surface area contributed by atoms with Gasteiger partial charge in [0.1, 0.15) is 11.2 Å². The summed E-state index contributed by atoms with van der Waals surface area (Å²) < 4.78 is 122. The number of fused-ring (bicyclic) bond motifs is 3. The molecule has 5 amide bonds. The van der Waals surface area contributed by atoms with E-state index in [1.54, 1.807) is 188 Å². The lowest BCUT2D eigenvalue weighted by Gasteiger charge is -2.20. The molecule has 46 heteroatoms. The Morgan fingerprint density at radius 3 is 0.914 bits per heavy atom. The molecule has 0 saturated heterocycles. The van der Waals surface area contributed by atoms with Crippen molar-refractivity contribution in [2.75, 3.05) is 56.5 Å². The summed E-state index contributed by atoms with van der Waals surface area (Å²) in [6.45, 7) is 11.8. The predicted molar refractivity (Wildman–Crippen MR) is 570 cm³/mol. The molecular weight excluding hydrogens is 2310 g/mol. The fourth-order valence-corrected chi connectivity index (χ4v) is 13.0. The normalized spacial score (nSPS) is 9.99. The van der Waals surface area contributed by atoms with E-state index in [0.717, 1.165) is 72.5 Å². The summed E-state index contributed by atoms with van der Waals surface area (Å²) in [5.74, 6) is 18.7. The van der Waals surface area contributed by atoms with Gasteiger partial charge in [-0.25, -0.2) is 66.5 Å². The number of nitrogen functional groups attached to an aromatic ring is 2. The maximum Gasteiger partial charge on any atom is 0.426 e. The van der Waals surface area contributed by atoms with Gasteiger partial charge in [0.2, 0.25) is 30.1 Å². The lowest BCUT2D eigenvalue weighted by molar-refractivity contribution is 0.0477. The number of nitrogens with zero attached hydrogens (tertiary/aromatic N) is 7. The molecule has 0 radical (unpaired) electrons. The average molecular weight is 2410 g/mol. The number of amides is 5. The molecule has 0 fully saturated rings. The van der Waals surface area contributed by atoms with Crippen molar-refractivity contribution in [1.82, 2.24) is 57.0 Å². The van der Waals surface area contributed by atoms with Gasteiger partial charge in [-0.1, -0.05) is 66.0 Å². The molecule has 13 rings (SSSR count). The van der Waals surface area contributed by atoms with Crippen molar-refractivity contribution in [3.8, 4) is 75.9 Å². The van der Waals surface area contributed by atoms with E-state index in [1.807, 2.05) is 97.1 Å². The van der Waals surface area contributed by atoms with Crippen LogP contribution in [0.3, 0.4) is 0 Å². The molecule has 0 saturated carbocycles. The van der Waals surface area contributed by atoms with Crippen LogP contribution in [0.2, 0.25) is 0 Å². The van der Waals surface area contributed by atoms with Crippen LogP contribution in [0.15, 0.2) is 243 Å². The number of benzene rings is 7. The first-order valence-corrected chi connectivity index (χ1v) is 49.5. The molecule has 736 valence electrons. The fourth-order valence-electron chi connectivity index (χ4n) is 10.6. The number of nitrogens with one attached hydrogen (secondary N) is 8. The third kappa shape index (κ3) is 48.2. The number of anilines is 4. The van der Waals surface area contributed by atoms with Crippen LogP contribution < -0.4 is 52.9 Å². The first kappa shape index (κ1) is 125. The highest BCUT2D eigenvalue weighted by Crippen LogP contribution is 2.29. The number of rotatable bonds is 12. The summed E-state index contributed by atoms with van der Waals surface area (Å²) in [5, 5.41) is 9.40. The van der Waals surface area contributed by atoms with E-state index < -0.39 is 71.2 Å². The standard InChI is InChI=1S/C29H27N5O5S.C24H19N5O3S.C22H20N4O3.C7H8INO2S.C6H6IN.C2H3N.2CH2Cl2.CH3F.ClH.F2.FI.FH/c1-29(2,3)39-28(36)33-32-27(35)23-17-26(31-25-15-16-30-18-24(23)25)21-11-7-19(8-12-21)5-6-20-9-13-22(14-10-20)34-40(4,37)38;1-33(31,32)29-19-10-6-17(7-11-19)3-2-16-4-8-18(9-5-16)23-14-20(24(30)28-25)21-15-26-13-12-22(21)27-23;1-5-14-6-8-15(9-7-14)19-12-16(17-13-23-11-10-18(17)24-19)20(27)25-26-21(28)29-22(2,3)4;1-12(10,11)9-7-4-2-6(8)3-5-7;7-5-1-3-6(8)4-2-5;1-2-3;2*2-1-3;1-2;;2*1-2;/h7-18,34H,1-4H3,(H,32,35)(H,33,36);4-15,29H,25H2,1H3,(H,28,30);1,6-13H,2-4H3,(H,25,27)(H,26,28);2-5,9H,1H3;1-4H,8H2;1H3;2*1H2;1H3;1H;;;1H. The number of ether oxygens (including phenoxy) is 2. The SMILES string of the molecule is C#Cc1ccc(-c2cc(C(=O)NNC(=O)OC(C)(C)C)c3cnccc3n2)cc1.CC#N.CC(C)(C)OC(=O)NNC(=O)c1cc(-c2ccc(C#Cc3ccc(NS(C)(=O)=O)cc3)cc2)nc2ccncc12.CF.CS(=O)(=O)Nc1ccc(C#Cc2ccc(-c3cc(C(=O)NN)c4cnccc4n3)cc2)cc1.CS(=O)(=O)Nc1ccc(I)cc1.Cl.ClCCl.ClCCl.F.FF.FI.Nc1ccc(I)cc1. The molecule has 0 aliphatic heterocycles. The molecule has 0 aliphatic rings. The number of nitriles is 1. The minimum atomic E-state index is -3.34. The highest BCUT2D eigenvalue weighted by Gasteiger charge is 2.22. The van der Waals surface area contributed by atoms with Gasteiger partial charge in [0.15, 0.2) is 23.2 Å². The number of terminal acetylenes is 1. The topological polar surface area (TPSA) is 456 Å². The summed E-state index contributed by atoms with van der Waals surface area (Å²) >= 11 is 24.1. The third-order valence-corrected chi connectivity index (χ3v) is 19.1. The molecular formula is C93H92Cl5F5I3N17O13S3. The van der Waals surface area contributed by atoms with Gasteiger partial charge in [-0.3, -0.25) is 68.9 Å². The van der Waals surface area contributed by atoms with E-state index in [9.17, 15) is 56.5 Å². The summed E-state index contributed by atoms with van der Waals surface area (Å²) in [6.07, 6.45) is 16.7. The van der Waals surface area contributed by atoms with Gasteiger partial charge >= 0.3 is 12.2 Å². The van der Waals surface area contributed by atoms with Crippen LogP contribution in [0.4, 0.5) is 53.4 Å². The molecule has 0 aliphatic carbocycles. The summed E-state index contributed by atoms with van der Waals surface area (Å²) in [5.41, 5.74) is 28.5. The number of hydrogen-bond acceptors (Lipinski definition) is 22. The van der Waals surface area contributed by atoms with Crippen molar-refractivity contribution in [2.45, 2.75) is 59.7 Å². The minimum Gasteiger partial charge on any atom is -0.443 e. The highest BCUT2D eigenvalue weighted by molar-refractivity contribution is 14.1. The van der Waals surface area contributed by atoms with Crippen molar-refractivity contribution < 1.29 is 79.8 Å². The lowest BCUT2D eigenvalue weighted by Crippen LogP contribution is -2.44. The second-order valence-electron chi connectivity index (χ2n) is 28.6. The third-order valence-electron chi connectivity index (χ3n) is 15.9. The zero-order valence-electron chi connectivity index (χ0n) is 75.4. The average Bonchev–Trinajstić information content (AvgIpc) is 0.794. The Morgan fingerprint density at radius 2 is 0.676 bits per heavy atom. The van der Waals surface area contributed by atoms with Gasteiger partial charge in [0.05, 0.1) is 93.0 Å². The largest absolute Gasteiger partial charge is 0.443 e. The zero-order valence-corrected chi connectivity index (χ0v) is 88.1. The Labute approximate surface area is 869 Å². The summed E-state index contributed by atoms with van der Waals surface area (Å²) in [7, 11) is -9.30. The van der Waals surface area contributed by atoms with Gasteiger partial charge in [-0.15, -0.1) is 65.2 Å².